The standard InChI is InChI=1S/C10H14N2O4S/c1-5(9(15)16)3-2-4-6-7(13)11-10(17)12-8(6)14/h5H,2-4H2,1H3,(H,15,16)(H3,11,12,13,14,17)/t5-/m0/s1. The fourth-order valence-electron chi connectivity index (χ4n) is 1.44. The van der Waals surface area contributed by atoms with Crippen LogP contribution in [0.4, 0.5) is 0 Å². The molecule has 94 valence electrons. The zero-order valence-electron chi connectivity index (χ0n) is 9.32. The van der Waals surface area contributed by atoms with Crippen LogP contribution in [0.25, 0.3) is 0 Å². The number of aromatic amines is 2. The topological polar surface area (TPSA) is 106 Å². The summed E-state index contributed by atoms with van der Waals surface area (Å²) in [5.74, 6) is -1.57. The zero-order valence-corrected chi connectivity index (χ0v) is 10.1. The Labute approximate surface area is 102 Å². The number of carbonyl (C=O) groups is 1. The third-order valence-corrected chi connectivity index (χ3v) is 2.71. The van der Waals surface area contributed by atoms with Crippen LogP contribution < -0.4 is 5.56 Å². The predicted octanol–water partition coefficient (Wildman–Crippen LogP) is 1.18. The van der Waals surface area contributed by atoms with Gasteiger partial charge in [0.1, 0.15) is 0 Å². The number of carboxylic acid groups (broad SMARTS) is 1. The monoisotopic (exact) mass is 258 g/mol. The van der Waals surface area contributed by atoms with Gasteiger partial charge in [0.2, 0.25) is 0 Å². The van der Waals surface area contributed by atoms with Gasteiger partial charge in [-0.3, -0.25) is 14.6 Å². The van der Waals surface area contributed by atoms with Crippen molar-refractivity contribution in [3.63, 3.8) is 0 Å². The lowest BCUT2D eigenvalue weighted by molar-refractivity contribution is -0.141. The van der Waals surface area contributed by atoms with E-state index in [1.165, 1.54) is 0 Å². The van der Waals surface area contributed by atoms with Crippen molar-refractivity contribution in [1.29, 1.82) is 0 Å². The van der Waals surface area contributed by atoms with E-state index in [0.717, 1.165) is 0 Å². The molecule has 0 bridgehead atoms. The molecular formula is C10H14N2O4S. The largest absolute Gasteiger partial charge is 0.494 e. The molecule has 17 heavy (non-hydrogen) atoms. The maximum absolute atomic E-state index is 11.5. The van der Waals surface area contributed by atoms with Gasteiger partial charge >= 0.3 is 5.97 Å². The van der Waals surface area contributed by atoms with Gasteiger partial charge < -0.3 is 15.2 Å². The van der Waals surface area contributed by atoms with Crippen molar-refractivity contribution in [3.05, 3.63) is 20.7 Å². The van der Waals surface area contributed by atoms with Crippen LogP contribution in [-0.2, 0) is 11.2 Å². The lowest BCUT2D eigenvalue weighted by Crippen LogP contribution is -2.15. The molecule has 0 amide bonds. The van der Waals surface area contributed by atoms with Crippen LogP contribution in [0.2, 0.25) is 0 Å². The Bertz CT molecular complexity index is 520. The first kappa shape index (κ1) is 13.4. The van der Waals surface area contributed by atoms with Crippen molar-refractivity contribution in [1.82, 2.24) is 9.97 Å². The summed E-state index contributed by atoms with van der Waals surface area (Å²) in [6.07, 6.45) is 1.27. The van der Waals surface area contributed by atoms with Crippen LogP contribution in [0.1, 0.15) is 25.3 Å². The Balaban J connectivity index is 2.68. The van der Waals surface area contributed by atoms with Crippen molar-refractivity contribution in [2.24, 2.45) is 5.92 Å². The number of aliphatic carboxylic acids is 1. The quantitative estimate of drug-likeness (QED) is 0.593. The van der Waals surface area contributed by atoms with Gasteiger partial charge in [-0.2, -0.15) is 0 Å². The maximum atomic E-state index is 11.5. The first-order valence-electron chi connectivity index (χ1n) is 5.19. The lowest BCUT2D eigenvalue weighted by Gasteiger charge is -2.06. The van der Waals surface area contributed by atoms with Gasteiger partial charge in [0, 0.05) is 0 Å². The molecule has 0 aliphatic heterocycles. The van der Waals surface area contributed by atoms with E-state index in [4.69, 9.17) is 5.11 Å². The van der Waals surface area contributed by atoms with E-state index in [0.29, 0.717) is 19.3 Å². The summed E-state index contributed by atoms with van der Waals surface area (Å²) in [5, 5.41) is 18.2. The summed E-state index contributed by atoms with van der Waals surface area (Å²) in [4.78, 5) is 26.8. The van der Waals surface area contributed by atoms with E-state index in [9.17, 15) is 14.7 Å². The highest BCUT2D eigenvalue weighted by molar-refractivity contribution is 7.71. The van der Waals surface area contributed by atoms with E-state index in [1.54, 1.807) is 6.92 Å². The summed E-state index contributed by atoms with van der Waals surface area (Å²) in [5.41, 5.74) is -0.231. The second kappa shape index (κ2) is 5.62. The van der Waals surface area contributed by atoms with Crippen molar-refractivity contribution < 1.29 is 15.0 Å². The summed E-state index contributed by atoms with van der Waals surface area (Å²) in [6.45, 7) is 1.60. The van der Waals surface area contributed by atoms with Gasteiger partial charge in [0.25, 0.3) is 5.56 Å². The van der Waals surface area contributed by atoms with Crippen molar-refractivity contribution in [2.75, 3.05) is 0 Å². The minimum atomic E-state index is -0.865. The summed E-state index contributed by atoms with van der Waals surface area (Å²) in [6, 6.07) is 0. The Morgan fingerprint density at radius 3 is 2.65 bits per heavy atom. The van der Waals surface area contributed by atoms with Gasteiger partial charge in [0.15, 0.2) is 10.7 Å². The fraction of sp³-hybridized carbons (Fsp3) is 0.500. The molecule has 1 aromatic heterocycles. The van der Waals surface area contributed by atoms with E-state index in [-0.39, 0.29) is 16.2 Å². The number of aromatic nitrogens is 2. The predicted molar refractivity (Wildman–Crippen MR) is 63.7 cm³/mol. The Morgan fingerprint density at radius 2 is 2.12 bits per heavy atom. The third-order valence-electron chi connectivity index (χ3n) is 2.50. The number of hydrogen-bond donors (Lipinski definition) is 4. The molecule has 0 fully saturated rings. The molecule has 4 N–H and O–H groups in total. The summed E-state index contributed by atoms with van der Waals surface area (Å²) < 4.78 is 0.0650. The molecule has 7 heteroatoms. The molecule has 0 saturated heterocycles. The Morgan fingerprint density at radius 1 is 1.47 bits per heavy atom. The van der Waals surface area contributed by atoms with E-state index < -0.39 is 17.4 Å². The molecule has 1 aromatic rings. The van der Waals surface area contributed by atoms with Gasteiger partial charge in [-0.1, -0.05) is 6.92 Å². The van der Waals surface area contributed by atoms with Gasteiger partial charge in [-0.15, -0.1) is 0 Å². The number of rotatable bonds is 5. The van der Waals surface area contributed by atoms with E-state index in [2.05, 4.69) is 22.2 Å². The van der Waals surface area contributed by atoms with Crippen molar-refractivity contribution in [3.8, 4) is 5.88 Å². The smallest absolute Gasteiger partial charge is 0.306 e. The van der Waals surface area contributed by atoms with Crippen molar-refractivity contribution in [2.45, 2.75) is 26.2 Å². The molecule has 0 radical (unpaired) electrons. The highest BCUT2D eigenvalue weighted by atomic mass is 32.1. The summed E-state index contributed by atoms with van der Waals surface area (Å²) >= 11 is 4.69. The third kappa shape index (κ3) is 3.70. The van der Waals surface area contributed by atoms with Crippen LogP contribution in [0.5, 0.6) is 5.88 Å². The minimum Gasteiger partial charge on any atom is -0.494 e. The summed E-state index contributed by atoms with van der Waals surface area (Å²) in [7, 11) is 0. The highest BCUT2D eigenvalue weighted by Crippen LogP contribution is 2.13. The minimum absolute atomic E-state index is 0.0650. The van der Waals surface area contributed by atoms with Crippen LogP contribution >= 0.6 is 12.2 Å². The number of carboxylic acids is 1. The average molecular weight is 258 g/mol. The first-order chi connectivity index (χ1) is 7.91. The highest BCUT2D eigenvalue weighted by Gasteiger charge is 2.12. The van der Waals surface area contributed by atoms with Crippen LogP contribution in [-0.4, -0.2) is 26.2 Å². The molecular weight excluding hydrogens is 244 g/mol. The van der Waals surface area contributed by atoms with Gasteiger partial charge in [-0.05, 0) is 31.5 Å². The Kier molecular flexibility index (Phi) is 4.45. The first-order valence-corrected chi connectivity index (χ1v) is 5.60. The molecule has 0 aliphatic carbocycles. The average Bonchev–Trinajstić information content (AvgIpc) is 2.21. The molecule has 0 aromatic carbocycles. The number of aromatic hydroxyl groups is 1. The van der Waals surface area contributed by atoms with Crippen LogP contribution in [0, 0.1) is 10.7 Å². The fourth-order valence-corrected chi connectivity index (χ4v) is 1.63. The van der Waals surface area contributed by atoms with Crippen LogP contribution in [0.15, 0.2) is 4.79 Å². The molecule has 1 atom stereocenters. The zero-order chi connectivity index (χ0) is 13.0. The SMILES string of the molecule is C[C@@H](CCCc1c(O)[nH]c(=S)[nH]c1=O)C(=O)O. The number of hydrogen-bond acceptors (Lipinski definition) is 4. The number of H-pyrrole nitrogens is 2. The number of nitrogens with one attached hydrogen (secondary N) is 2. The van der Waals surface area contributed by atoms with E-state index in [1.807, 2.05) is 0 Å². The van der Waals surface area contributed by atoms with Crippen molar-refractivity contribution >= 4 is 18.2 Å². The van der Waals surface area contributed by atoms with Gasteiger partial charge in [0.05, 0.1) is 11.5 Å². The molecule has 0 saturated carbocycles. The van der Waals surface area contributed by atoms with E-state index >= 15 is 0 Å². The second-order valence-corrected chi connectivity index (χ2v) is 4.28. The molecule has 6 nitrogen and oxygen atoms in total. The molecule has 0 unspecified atom stereocenters. The van der Waals surface area contributed by atoms with Gasteiger partial charge in [-0.25, -0.2) is 0 Å². The molecule has 0 aliphatic rings. The Hall–Kier alpha value is -1.63. The maximum Gasteiger partial charge on any atom is 0.306 e. The lowest BCUT2D eigenvalue weighted by atomic mass is 10.0. The normalized spacial score (nSPS) is 12.3. The second-order valence-electron chi connectivity index (χ2n) is 3.87. The molecule has 0 spiro atoms. The molecule has 1 heterocycles. The van der Waals surface area contributed by atoms with Crippen LogP contribution in [0.3, 0.4) is 0 Å². The molecule has 1 rings (SSSR count).